The Balaban J connectivity index is 1.88. The van der Waals surface area contributed by atoms with Crippen LogP contribution in [0.2, 0.25) is 0 Å². The third-order valence-electron chi connectivity index (χ3n) is 3.97. The van der Waals surface area contributed by atoms with Crippen LogP contribution in [0.3, 0.4) is 0 Å². The van der Waals surface area contributed by atoms with E-state index in [-0.39, 0.29) is 36.1 Å². The third kappa shape index (κ3) is 2.80. The second kappa shape index (κ2) is 5.98. The zero-order chi connectivity index (χ0) is 14.0. The SMILES string of the molecule is CCOC1CC(NC2CCC(=O)N(C)C2=O)C1OC. The first kappa shape index (κ1) is 14.4. The number of nitrogens with zero attached hydrogens (tertiary/aromatic N) is 1. The lowest BCUT2D eigenvalue weighted by atomic mass is 9.84. The maximum Gasteiger partial charge on any atom is 0.246 e. The summed E-state index contributed by atoms with van der Waals surface area (Å²) < 4.78 is 11.0. The minimum absolute atomic E-state index is 0.0179. The molecule has 4 unspecified atom stereocenters. The highest BCUT2D eigenvalue weighted by molar-refractivity contribution is 6.00. The molecule has 108 valence electrons. The van der Waals surface area contributed by atoms with Gasteiger partial charge >= 0.3 is 0 Å². The number of amides is 2. The molecular formula is C13H22N2O4. The van der Waals surface area contributed by atoms with Crippen molar-refractivity contribution in [1.82, 2.24) is 10.2 Å². The summed E-state index contributed by atoms with van der Waals surface area (Å²) in [5.74, 6) is -0.252. The van der Waals surface area contributed by atoms with E-state index in [1.54, 1.807) is 7.11 Å². The predicted molar refractivity (Wildman–Crippen MR) is 68.6 cm³/mol. The number of hydrogen-bond acceptors (Lipinski definition) is 5. The molecule has 1 aliphatic heterocycles. The average Bonchev–Trinajstić information content (AvgIpc) is 2.37. The molecule has 6 heteroatoms. The van der Waals surface area contributed by atoms with Crippen LogP contribution in [-0.2, 0) is 19.1 Å². The molecule has 4 atom stereocenters. The van der Waals surface area contributed by atoms with E-state index in [1.807, 2.05) is 6.92 Å². The van der Waals surface area contributed by atoms with Crippen molar-refractivity contribution in [2.45, 2.75) is 50.5 Å². The highest BCUT2D eigenvalue weighted by Crippen LogP contribution is 2.28. The van der Waals surface area contributed by atoms with Crippen LogP contribution in [0.5, 0.6) is 0 Å². The number of ether oxygens (including phenoxy) is 2. The summed E-state index contributed by atoms with van der Waals surface area (Å²) in [6.07, 6.45) is 1.91. The molecule has 0 radical (unpaired) electrons. The molecular weight excluding hydrogens is 248 g/mol. The summed E-state index contributed by atoms with van der Waals surface area (Å²) in [6.45, 7) is 2.62. The van der Waals surface area contributed by atoms with E-state index in [0.717, 1.165) is 6.42 Å². The molecule has 6 nitrogen and oxygen atoms in total. The lowest BCUT2D eigenvalue weighted by Gasteiger charge is -2.45. The molecule has 1 N–H and O–H groups in total. The number of nitrogens with one attached hydrogen (secondary N) is 1. The number of methoxy groups -OCH3 is 1. The van der Waals surface area contributed by atoms with Gasteiger partial charge in [-0.05, 0) is 19.8 Å². The summed E-state index contributed by atoms with van der Waals surface area (Å²) in [7, 11) is 3.19. The summed E-state index contributed by atoms with van der Waals surface area (Å²) in [5.41, 5.74) is 0. The van der Waals surface area contributed by atoms with Crippen LogP contribution in [0.4, 0.5) is 0 Å². The Morgan fingerprint density at radius 2 is 2.16 bits per heavy atom. The zero-order valence-electron chi connectivity index (χ0n) is 11.7. The summed E-state index contributed by atoms with van der Waals surface area (Å²) in [4.78, 5) is 24.6. The Labute approximate surface area is 113 Å². The van der Waals surface area contributed by atoms with Crippen molar-refractivity contribution in [3.05, 3.63) is 0 Å². The second-order valence-electron chi connectivity index (χ2n) is 5.09. The smallest absolute Gasteiger partial charge is 0.246 e. The summed E-state index contributed by atoms with van der Waals surface area (Å²) in [5, 5.41) is 3.30. The molecule has 19 heavy (non-hydrogen) atoms. The van der Waals surface area contributed by atoms with Gasteiger partial charge in [0.05, 0.1) is 18.2 Å². The lowest BCUT2D eigenvalue weighted by Crippen LogP contribution is -2.64. The van der Waals surface area contributed by atoms with E-state index in [9.17, 15) is 9.59 Å². The molecule has 2 amide bonds. The van der Waals surface area contributed by atoms with Gasteiger partial charge in [-0.1, -0.05) is 0 Å². The van der Waals surface area contributed by atoms with Gasteiger partial charge in [0.25, 0.3) is 0 Å². The fourth-order valence-corrected chi connectivity index (χ4v) is 2.77. The number of hydrogen-bond donors (Lipinski definition) is 1. The molecule has 2 fully saturated rings. The Bertz CT molecular complexity index is 361. The minimum Gasteiger partial charge on any atom is -0.377 e. The maximum atomic E-state index is 12.0. The van der Waals surface area contributed by atoms with Gasteiger partial charge < -0.3 is 14.8 Å². The molecule has 1 aliphatic carbocycles. The van der Waals surface area contributed by atoms with Gasteiger partial charge in [-0.2, -0.15) is 0 Å². The zero-order valence-corrected chi connectivity index (χ0v) is 11.7. The van der Waals surface area contributed by atoms with Crippen molar-refractivity contribution < 1.29 is 19.1 Å². The van der Waals surface area contributed by atoms with Crippen LogP contribution >= 0.6 is 0 Å². The van der Waals surface area contributed by atoms with Crippen LogP contribution in [0.1, 0.15) is 26.2 Å². The van der Waals surface area contributed by atoms with Gasteiger partial charge in [-0.15, -0.1) is 0 Å². The Morgan fingerprint density at radius 1 is 1.42 bits per heavy atom. The molecule has 1 saturated carbocycles. The number of rotatable bonds is 5. The first-order valence-corrected chi connectivity index (χ1v) is 6.79. The van der Waals surface area contributed by atoms with E-state index >= 15 is 0 Å². The second-order valence-corrected chi connectivity index (χ2v) is 5.09. The van der Waals surface area contributed by atoms with Crippen LogP contribution in [0.25, 0.3) is 0 Å². The summed E-state index contributed by atoms with van der Waals surface area (Å²) >= 11 is 0. The Kier molecular flexibility index (Phi) is 4.54. The topological polar surface area (TPSA) is 67.9 Å². The van der Waals surface area contributed by atoms with Crippen molar-refractivity contribution >= 4 is 11.8 Å². The van der Waals surface area contributed by atoms with Crippen molar-refractivity contribution in [2.24, 2.45) is 0 Å². The van der Waals surface area contributed by atoms with Gasteiger partial charge in [0, 0.05) is 33.2 Å². The highest BCUT2D eigenvalue weighted by Gasteiger charge is 2.44. The van der Waals surface area contributed by atoms with Gasteiger partial charge in [-0.3, -0.25) is 14.5 Å². The highest BCUT2D eigenvalue weighted by atomic mass is 16.5. The van der Waals surface area contributed by atoms with Gasteiger partial charge in [0.15, 0.2) is 0 Å². The average molecular weight is 270 g/mol. The Hall–Kier alpha value is -0.980. The van der Waals surface area contributed by atoms with Crippen LogP contribution < -0.4 is 5.32 Å². The molecule has 0 bridgehead atoms. The number of carbonyl (C=O) groups is 2. The molecule has 1 heterocycles. The van der Waals surface area contributed by atoms with Gasteiger partial charge in [-0.25, -0.2) is 0 Å². The molecule has 0 aromatic heterocycles. The van der Waals surface area contributed by atoms with Crippen LogP contribution in [0, 0.1) is 0 Å². The van der Waals surface area contributed by atoms with Crippen molar-refractivity contribution in [1.29, 1.82) is 0 Å². The minimum atomic E-state index is -0.284. The number of likely N-dealkylation sites (tertiary alicyclic amines) is 1. The van der Waals surface area contributed by atoms with E-state index in [2.05, 4.69) is 5.32 Å². The Morgan fingerprint density at radius 3 is 2.79 bits per heavy atom. The van der Waals surface area contributed by atoms with Crippen molar-refractivity contribution in [2.75, 3.05) is 20.8 Å². The third-order valence-corrected chi connectivity index (χ3v) is 3.97. The fourth-order valence-electron chi connectivity index (χ4n) is 2.77. The molecule has 0 spiro atoms. The standard InChI is InChI=1S/C13H22N2O4/c1-4-19-10-7-9(12(10)18-3)14-8-5-6-11(16)15(2)13(8)17/h8-10,12,14H,4-7H2,1-3H3. The first-order valence-electron chi connectivity index (χ1n) is 6.79. The molecule has 1 saturated heterocycles. The maximum absolute atomic E-state index is 12.0. The predicted octanol–water partition coefficient (Wildman–Crippen LogP) is -0.0842. The first-order chi connectivity index (χ1) is 9.08. The molecule has 0 aromatic carbocycles. The van der Waals surface area contributed by atoms with E-state index in [0.29, 0.717) is 19.4 Å². The number of imide groups is 1. The van der Waals surface area contributed by atoms with Crippen molar-refractivity contribution in [3.8, 4) is 0 Å². The van der Waals surface area contributed by atoms with Crippen molar-refractivity contribution in [3.63, 3.8) is 0 Å². The van der Waals surface area contributed by atoms with E-state index in [4.69, 9.17) is 9.47 Å². The van der Waals surface area contributed by atoms with Crippen LogP contribution in [0.15, 0.2) is 0 Å². The van der Waals surface area contributed by atoms with Gasteiger partial charge in [0.1, 0.15) is 0 Å². The fraction of sp³-hybridized carbons (Fsp3) is 0.846. The largest absolute Gasteiger partial charge is 0.377 e. The van der Waals surface area contributed by atoms with E-state index in [1.165, 1.54) is 11.9 Å². The normalized spacial score (nSPS) is 35.4. The quantitative estimate of drug-likeness (QED) is 0.708. The van der Waals surface area contributed by atoms with Gasteiger partial charge in [0.2, 0.25) is 11.8 Å². The molecule has 2 aliphatic rings. The molecule has 2 rings (SSSR count). The number of carbonyl (C=O) groups excluding carboxylic acids is 2. The summed E-state index contributed by atoms with van der Waals surface area (Å²) in [6, 6.07) is -0.162. The van der Waals surface area contributed by atoms with E-state index < -0.39 is 0 Å². The van der Waals surface area contributed by atoms with Crippen LogP contribution in [-0.4, -0.2) is 61.8 Å². The number of likely N-dealkylation sites (N-methyl/N-ethyl adjacent to an activating group) is 1. The number of piperidine rings is 1. The molecule has 0 aromatic rings. The monoisotopic (exact) mass is 270 g/mol. The lowest BCUT2D eigenvalue weighted by molar-refractivity contribution is -0.153.